The first-order valence-electron chi connectivity index (χ1n) is 5.12. The highest BCUT2D eigenvalue weighted by molar-refractivity contribution is 5.97. The molecule has 0 bridgehead atoms. The standard InChI is InChI=1S/C12H12FNO2/c13-9-6-3-7-10(15)11(9)12(16)14-8-4-1-2-5-8/h1-3,6-8,15H,4-5H2,(H,14,16). The number of nitrogens with one attached hydrogen (secondary N) is 1. The van der Waals surface area contributed by atoms with Gasteiger partial charge in [-0.2, -0.15) is 0 Å². The summed E-state index contributed by atoms with van der Waals surface area (Å²) in [5, 5.41) is 12.1. The van der Waals surface area contributed by atoms with E-state index in [1.165, 1.54) is 12.1 Å². The lowest BCUT2D eigenvalue weighted by atomic mass is 10.1. The second-order valence-corrected chi connectivity index (χ2v) is 3.75. The van der Waals surface area contributed by atoms with E-state index in [-0.39, 0.29) is 17.4 Å². The molecule has 0 spiro atoms. The van der Waals surface area contributed by atoms with Crippen molar-refractivity contribution in [2.75, 3.05) is 0 Å². The summed E-state index contributed by atoms with van der Waals surface area (Å²) in [5.41, 5.74) is -0.283. The lowest BCUT2D eigenvalue weighted by Gasteiger charge is -2.13. The summed E-state index contributed by atoms with van der Waals surface area (Å²) in [4.78, 5) is 11.7. The van der Waals surface area contributed by atoms with Crippen molar-refractivity contribution in [3.05, 3.63) is 41.7 Å². The summed E-state index contributed by atoms with van der Waals surface area (Å²) in [6.45, 7) is 0. The molecule has 1 aromatic rings. The number of hydrogen-bond acceptors (Lipinski definition) is 2. The highest BCUT2D eigenvalue weighted by Gasteiger charge is 2.20. The van der Waals surface area contributed by atoms with Gasteiger partial charge in [-0.3, -0.25) is 4.79 Å². The normalized spacial score (nSPS) is 15.3. The fourth-order valence-corrected chi connectivity index (χ4v) is 1.73. The summed E-state index contributed by atoms with van der Waals surface area (Å²) >= 11 is 0. The second kappa shape index (κ2) is 4.35. The van der Waals surface area contributed by atoms with Gasteiger partial charge >= 0.3 is 0 Å². The molecule has 84 valence electrons. The van der Waals surface area contributed by atoms with E-state index in [2.05, 4.69) is 5.32 Å². The van der Waals surface area contributed by atoms with Gasteiger partial charge < -0.3 is 10.4 Å². The second-order valence-electron chi connectivity index (χ2n) is 3.75. The highest BCUT2D eigenvalue weighted by Crippen LogP contribution is 2.20. The maximum Gasteiger partial charge on any atom is 0.258 e. The van der Waals surface area contributed by atoms with E-state index in [0.717, 1.165) is 18.9 Å². The topological polar surface area (TPSA) is 49.3 Å². The Kier molecular flexibility index (Phi) is 2.90. The number of amides is 1. The third-order valence-corrected chi connectivity index (χ3v) is 2.56. The lowest BCUT2D eigenvalue weighted by Crippen LogP contribution is -2.33. The van der Waals surface area contributed by atoms with Gasteiger partial charge in [-0.05, 0) is 25.0 Å². The summed E-state index contributed by atoms with van der Waals surface area (Å²) in [5.74, 6) is -1.60. The van der Waals surface area contributed by atoms with Crippen LogP contribution in [0.15, 0.2) is 30.4 Å². The Morgan fingerprint density at radius 1 is 1.38 bits per heavy atom. The molecule has 4 heteroatoms. The summed E-state index contributed by atoms with van der Waals surface area (Å²) in [6.07, 6.45) is 5.43. The van der Waals surface area contributed by atoms with Crippen LogP contribution < -0.4 is 5.32 Å². The van der Waals surface area contributed by atoms with Gasteiger partial charge in [0.05, 0.1) is 0 Å². The van der Waals surface area contributed by atoms with Crippen LogP contribution in [0.25, 0.3) is 0 Å². The van der Waals surface area contributed by atoms with Crippen molar-refractivity contribution in [3.8, 4) is 5.75 Å². The zero-order chi connectivity index (χ0) is 11.5. The fraction of sp³-hybridized carbons (Fsp3) is 0.250. The SMILES string of the molecule is O=C(NC1CC=CC1)c1c(O)cccc1F. The minimum absolute atomic E-state index is 0.00602. The molecule has 0 heterocycles. The minimum atomic E-state index is -0.705. The molecule has 3 nitrogen and oxygen atoms in total. The van der Waals surface area contributed by atoms with E-state index in [0.29, 0.717) is 0 Å². The Labute approximate surface area is 92.6 Å². The molecule has 0 saturated heterocycles. The molecule has 16 heavy (non-hydrogen) atoms. The molecule has 0 aromatic heterocycles. The van der Waals surface area contributed by atoms with Crippen LogP contribution in [0.5, 0.6) is 5.75 Å². The van der Waals surface area contributed by atoms with Gasteiger partial charge in [-0.15, -0.1) is 0 Å². The van der Waals surface area contributed by atoms with E-state index >= 15 is 0 Å². The van der Waals surface area contributed by atoms with Crippen molar-refractivity contribution in [2.45, 2.75) is 18.9 Å². The molecule has 0 atom stereocenters. The zero-order valence-electron chi connectivity index (χ0n) is 8.61. The predicted molar refractivity (Wildman–Crippen MR) is 57.7 cm³/mol. The number of hydrogen-bond donors (Lipinski definition) is 2. The van der Waals surface area contributed by atoms with Gasteiger partial charge in [-0.1, -0.05) is 18.2 Å². The molecule has 1 aliphatic carbocycles. The van der Waals surface area contributed by atoms with Crippen LogP contribution in [-0.2, 0) is 0 Å². The van der Waals surface area contributed by atoms with Crippen LogP contribution >= 0.6 is 0 Å². The lowest BCUT2D eigenvalue weighted by molar-refractivity contribution is 0.0932. The Morgan fingerprint density at radius 3 is 2.69 bits per heavy atom. The summed E-state index contributed by atoms with van der Waals surface area (Å²) in [6, 6.07) is 3.82. The van der Waals surface area contributed by atoms with Gasteiger partial charge in [0, 0.05) is 6.04 Å². The third kappa shape index (κ3) is 2.05. The van der Waals surface area contributed by atoms with Crippen LogP contribution in [0.4, 0.5) is 4.39 Å². The Morgan fingerprint density at radius 2 is 2.06 bits per heavy atom. The molecule has 1 aromatic carbocycles. The number of carbonyl (C=O) groups is 1. The maximum absolute atomic E-state index is 13.3. The van der Waals surface area contributed by atoms with Crippen LogP contribution in [-0.4, -0.2) is 17.1 Å². The predicted octanol–water partition coefficient (Wildman–Crippen LogP) is 1.98. The number of phenols is 1. The Hall–Kier alpha value is -1.84. The number of halogens is 1. The molecular weight excluding hydrogens is 209 g/mol. The van der Waals surface area contributed by atoms with Crippen LogP contribution in [0.3, 0.4) is 0 Å². The smallest absolute Gasteiger partial charge is 0.258 e. The molecule has 1 aliphatic rings. The summed E-state index contributed by atoms with van der Waals surface area (Å²) < 4.78 is 13.3. The molecule has 0 unspecified atom stereocenters. The van der Waals surface area contributed by atoms with Crippen molar-refractivity contribution < 1.29 is 14.3 Å². The van der Waals surface area contributed by atoms with Gasteiger partial charge in [0.2, 0.25) is 0 Å². The van der Waals surface area contributed by atoms with Crippen LogP contribution in [0.1, 0.15) is 23.2 Å². The van der Waals surface area contributed by atoms with Crippen molar-refractivity contribution >= 4 is 5.91 Å². The Bertz CT molecular complexity index is 414. The molecule has 1 amide bonds. The van der Waals surface area contributed by atoms with Crippen molar-refractivity contribution in [3.63, 3.8) is 0 Å². The minimum Gasteiger partial charge on any atom is -0.507 e. The number of rotatable bonds is 2. The summed E-state index contributed by atoms with van der Waals surface area (Å²) in [7, 11) is 0. The molecular formula is C12H12FNO2. The zero-order valence-corrected chi connectivity index (χ0v) is 8.61. The average Bonchev–Trinajstić information content (AvgIpc) is 2.70. The molecule has 2 N–H and O–H groups in total. The third-order valence-electron chi connectivity index (χ3n) is 2.56. The number of phenolic OH excluding ortho intramolecular Hbond substituents is 1. The number of carbonyl (C=O) groups excluding carboxylic acids is 1. The first-order chi connectivity index (χ1) is 7.68. The number of aromatic hydroxyl groups is 1. The molecule has 2 rings (SSSR count). The van der Waals surface area contributed by atoms with Crippen molar-refractivity contribution in [2.24, 2.45) is 0 Å². The number of benzene rings is 1. The van der Waals surface area contributed by atoms with Gasteiger partial charge in [0.15, 0.2) is 0 Å². The molecule has 0 fully saturated rings. The van der Waals surface area contributed by atoms with E-state index in [1.54, 1.807) is 0 Å². The van der Waals surface area contributed by atoms with E-state index in [9.17, 15) is 14.3 Å². The van der Waals surface area contributed by atoms with Crippen LogP contribution in [0, 0.1) is 5.82 Å². The molecule has 0 aliphatic heterocycles. The molecule has 0 radical (unpaired) electrons. The largest absolute Gasteiger partial charge is 0.507 e. The van der Waals surface area contributed by atoms with Gasteiger partial charge in [0.1, 0.15) is 17.1 Å². The highest BCUT2D eigenvalue weighted by atomic mass is 19.1. The van der Waals surface area contributed by atoms with Crippen LogP contribution in [0.2, 0.25) is 0 Å². The monoisotopic (exact) mass is 221 g/mol. The van der Waals surface area contributed by atoms with Crippen molar-refractivity contribution in [1.29, 1.82) is 0 Å². The maximum atomic E-state index is 13.3. The first kappa shape index (κ1) is 10.7. The van der Waals surface area contributed by atoms with Gasteiger partial charge in [0.25, 0.3) is 5.91 Å². The quantitative estimate of drug-likeness (QED) is 0.750. The van der Waals surface area contributed by atoms with E-state index < -0.39 is 11.7 Å². The first-order valence-corrected chi connectivity index (χ1v) is 5.12. The van der Waals surface area contributed by atoms with Gasteiger partial charge in [-0.25, -0.2) is 4.39 Å². The Balaban J connectivity index is 2.14. The average molecular weight is 221 g/mol. The van der Waals surface area contributed by atoms with E-state index in [1.807, 2.05) is 12.2 Å². The van der Waals surface area contributed by atoms with Crippen molar-refractivity contribution in [1.82, 2.24) is 5.32 Å². The molecule has 0 saturated carbocycles. The fourth-order valence-electron chi connectivity index (χ4n) is 1.73. The van der Waals surface area contributed by atoms with E-state index in [4.69, 9.17) is 0 Å².